The third-order valence-corrected chi connectivity index (χ3v) is 3.48. The van der Waals surface area contributed by atoms with Crippen LogP contribution in [0.4, 0.5) is 5.69 Å². The normalized spacial score (nSPS) is 10.3. The number of hydrogen-bond acceptors (Lipinski definition) is 3. The lowest BCUT2D eigenvalue weighted by atomic mass is 10.2. The fourth-order valence-electron chi connectivity index (χ4n) is 1.82. The molecule has 4 heteroatoms. The number of rotatable bonds is 5. The topological polar surface area (TPSA) is 40.5 Å². The quantitative estimate of drug-likeness (QED) is 0.898. The van der Waals surface area contributed by atoms with E-state index in [0.717, 1.165) is 16.1 Å². The Balaban J connectivity index is 2.21. The summed E-state index contributed by atoms with van der Waals surface area (Å²) in [4.78, 5) is 14.0. The first-order valence-corrected chi connectivity index (χ1v) is 6.59. The molecule has 94 valence electrons. The molecule has 0 aliphatic carbocycles. The van der Waals surface area contributed by atoms with Crippen LogP contribution in [0.2, 0.25) is 0 Å². The molecular formula is C14H15NO2S. The van der Waals surface area contributed by atoms with Gasteiger partial charge in [0.25, 0.3) is 0 Å². The molecule has 1 heterocycles. The van der Waals surface area contributed by atoms with Gasteiger partial charge in [-0.25, -0.2) is 0 Å². The predicted octanol–water partition coefficient (Wildman–Crippen LogP) is 3.15. The Labute approximate surface area is 110 Å². The van der Waals surface area contributed by atoms with Crippen molar-refractivity contribution in [2.75, 3.05) is 11.4 Å². The lowest BCUT2D eigenvalue weighted by molar-refractivity contribution is -0.135. The molecular weight excluding hydrogens is 246 g/mol. The summed E-state index contributed by atoms with van der Waals surface area (Å²) in [5.41, 5.74) is 2.08. The Bertz CT molecular complexity index is 522. The number of anilines is 1. The monoisotopic (exact) mass is 261 g/mol. The largest absolute Gasteiger partial charge is 0.480 e. The van der Waals surface area contributed by atoms with Crippen molar-refractivity contribution in [3.05, 3.63) is 52.2 Å². The average Bonchev–Trinajstić information content (AvgIpc) is 2.80. The summed E-state index contributed by atoms with van der Waals surface area (Å²) >= 11 is 1.64. The van der Waals surface area contributed by atoms with Crippen molar-refractivity contribution in [3.8, 4) is 0 Å². The SMILES string of the molecule is Cc1cccc(N(CC(=O)O)Cc2cccs2)c1. The lowest BCUT2D eigenvalue weighted by Crippen LogP contribution is -2.28. The zero-order chi connectivity index (χ0) is 13.0. The zero-order valence-electron chi connectivity index (χ0n) is 10.2. The highest BCUT2D eigenvalue weighted by atomic mass is 32.1. The van der Waals surface area contributed by atoms with Crippen LogP contribution in [0.25, 0.3) is 0 Å². The Morgan fingerprint density at radius 3 is 2.78 bits per heavy atom. The van der Waals surface area contributed by atoms with Crippen LogP contribution < -0.4 is 4.90 Å². The molecule has 0 atom stereocenters. The van der Waals surface area contributed by atoms with Gasteiger partial charge in [0.2, 0.25) is 0 Å². The van der Waals surface area contributed by atoms with E-state index in [0.29, 0.717) is 6.54 Å². The van der Waals surface area contributed by atoms with Gasteiger partial charge in [0, 0.05) is 10.6 Å². The molecule has 0 spiro atoms. The highest BCUT2D eigenvalue weighted by molar-refractivity contribution is 7.09. The Kier molecular flexibility index (Phi) is 3.99. The molecule has 2 aromatic rings. The maximum Gasteiger partial charge on any atom is 0.323 e. The molecule has 1 N–H and O–H groups in total. The summed E-state index contributed by atoms with van der Waals surface area (Å²) < 4.78 is 0. The van der Waals surface area contributed by atoms with E-state index in [1.165, 1.54) is 0 Å². The van der Waals surface area contributed by atoms with Gasteiger partial charge in [-0.15, -0.1) is 11.3 Å². The molecule has 18 heavy (non-hydrogen) atoms. The van der Waals surface area contributed by atoms with E-state index < -0.39 is 5.97 Å². The van der Waals surface area contributed by atoms with Crippen molar-refractivity contribution >= 4 is 23.0 Å². The van der Waals surface area contributed by atoms with Crippen molar-refractivity contribution < 1.29 is 9.90 Å². The molecule has 2 rings (SSSR count). The van der Waals surface area contributed by atoms with E-state index >= 15 is 0 Å². The lowest BCUT2D eigenvalue weighted by Gasteiger charge is -2.22. The van der Waals surface area contributed by atoms with E-state index in [4.69, 9.17) is 5.11 Å². The van der Waals surface area contributed by atoms with Gasteiger partial charge >= 0.3 is 5.97 Å². The first-order valence-electron chi connectivity index (χ1n) is 5.71. The molecule has 1 aromatic heterocycles. The van der Waals surface area contributed by atoms with Gasteiger partial charge < -0.3 is 10.0 Å². The van der Waals surface area contributed by atoms with Crippen LogP contribution in [0.1, 0.15) is 10.4 Å². The summed E-state index contributed by atoms with van der Waals surface area (Å²) in [5, 5.41) is 11.0. The van der Waals surface area contributed by atoms with Crippen LogP contribution in [0.3, 0.4) is 0 Å². The van der Waals surface area contributed by atoms with Crippen LogP contribution in [-0.2, 0) is 11.3 Å². The van der Waals surface area contributed by atoms with Crippen LogP contribution in [0.15, 0.2) is 41.8 Å². The summed E-state index contributed by atoms with van der Waals surface area (Å²) in [6.45, 7) is 2.66. The number of carboxylic acids is 1. The number of carbonyl (C=O) groups is 1. The van der Waals surface area contributed by atoms with E-state index in [1.54, 1.807) is 11.3 Å². The van der Waals surface area contributed by atoms with Crippen molar-refractivity contribution in [1.82, 2.24) is 0 Å². The zero-order valence-corrected chi connectivity index (χ0v) is 11.0. The summed E-state index contributed by atoms with van der Waals surface area (Å²) in [5.74, 6) is -0.812. The minimum absolute atomic E-state index is 0.0152. The van der Waals surface area contributed by atoms with E-state index in [2.05, 4.69) is 0 Å². The number of aryl methyl sites for hydroxylation is 1. The fraction of sp³-hybridized carbons (Fsp3) is 0.214. The molecule has 0 aliphatic rings. The van der Waals surface area contributed by atoms with Gasteiger partial charge in [0.1, 0.15) is 6.54 Å². The molecule has 3 nitrogen and oxygen atoms in total. The summed E-state index contributed by atoms with van der Waals surface area (Å²) in [6, 6.07) is 11.9. The number of hydrogen-bond donors (Lipinski definition) is 1. The molecule has 0 saturated heterocycles. The van der Waals surface area contributed by atoms with Crippen molar-refractivity contribution in [1.29, 1.82) is 0 Å². The smallest absolute Gasteiger partial charge is 0.323 e. The van der Waals surface area contributed by atoms with E-state index in [-0.39, 0.29) is 6.54 Å². The molecule has 0 bridgehead atoms. The van der Waals surface area contributed by atoms with Crippen LogP contribution >= 0.6 is 11.3 Å². The van der Waals surface area contributed by atoms with Crippen LogP contribution in [0.5, 0.6) is 0 Å². The maximum absolute atomic E-state index is 11.0. The fourth-order valence-corrected chi connectivity index (χ4v) is 2.54. The second-order valence-electron chi connectivity index (χ2n) is 4.17. The van der Waals surface area contributed by atoms with E-state index in [9.17, 15) is 4.79 Å². The Morgan fingerprint density at radius 1 is 1.33 bits per heavy atom. The predicted molar refractivity (Wildman–Crippen MR) is 74.2 cm³/mol. The molecule has 0 radical (unpaired) electrons. The standard InChI is InChI=1S/C14H15NO2S/c1-11-4-2-5-12(8-11)15(10-14(16)17)9-13-6-3-7-18-13/h2-8H,9-10H2,1H3,(H,16,17). The molecule has 0 unspecified atom stereocenters. The first-order chi connectivity index (χ1) is 8.65. The van der Waals surface area contributed by atoms with E-state index in [1.807, 2.05) is 53.6 Å². The minimum Gasteiger partial charge on any atom is -0.480 e. The van der Waals surface area contributed by atoms with Gasteiger partial charge in [-0.2, -0.15) is 0 Å². The highest BCUT2D eigenvalue weighted by Crippen LogP contribution is 2.20. The number of aliphatic carboxylic acids is 1. The Morgan fingerprint density at radius 2 is 2.17 bits per heavy atom. The second-order valence-corrected chi connectivity index (χ2v) is 5.20. The Hall–Kier alpha value is -1.81. The van der Waals surface area contributed by atoms with Crippen molar-refractivity contribution in [2.24, 2.45) is 0 Å². The average molecular weight is 261 g/mol. The van der Waals surface area contributed by atoms with Gasteiger partial charge in [0.15, 0.2) is 0 Å². The number of benzene rings is 1. The summed E-state index contributed by atoms with van der Waals surface area (Å²) in [6.07, 6.45) is 0. The third kappa shape index (κ3) is 3.34. The van der Waals surface area contributed by atoms with Crippen LogP contribution in [-0.4, -0.2) is 17.6 Å². The van der Waals surface area contributed by atoms with Gasteiger partial charge in [-0.3, -0.25) is 4.79 Å². The maximum atomic E-state index is 11.0. The highest BCUT2D eigenvalue weighted by Gasteiger charge is 2.11. The third-order valence-electron chi connectivity index (χ3n) is 2.62. The molecule has 0 aliphatic heterocycles. The van der Waals surface area contributed by atoms with Crippen molar-refractivity contribution in [2.45, 2.75) is 13.5 Å². The minimum atomic E-state index is -0.812. The molecule has 1 aromatic carbocycles. The molecule has 0 amide bonds. The number of carboxylic acid groups (broad SMARTS) is 1. The molecule has 0 saturated carbocycles. The van der Waals surface area contributed by atoms with Gasteiger partial charge in [-0.1, -0.05) is 18.2 Å². The van der Waals surface area contributed by atoms with Crippen LogP contribution in [0, 0.1) is 6.92 Å². The number of thiophene rings is 1. The van der Waals surface area contributed by atoms with Gasteiger partial charge in [0.05, 0.1) is 6.54 Å². The second kappa shape index (κ2) is 5.69. The van der Waals surface area contributed by atoms with Crippen molar-refractivity contribution in [3.63, 3.8) is 0 Å². The first kappa shape index (κ1) is 12.6. The van der Waals surface area contributed by atoms with Gasteiger partial charge in [-0.05, 0) is 36.1 Å². The number of nitrogens with zero attached hydrogens (tertiary/aromatic N) is 1. The molecule has 0 fully saturated rings. The summed E-state index contributed by atoms with van der Waals surface area (Å²) in [7, 11) is 0.